The molecule has 0 bridgehead atoms. The second-order valence-electron chi connectivity index (χ2n) is 8.88. The third-order valence-electron chi connectivity index (χ3n) is 4.46. The Labute approximate surface area is 139 Å². The van der Waals surface area contributed by atoms with Gasteiger partial charge in [-0.3, -0.25) is 0 Å². The summed E-state index contributed by atoms with van der Waals surface area (Å²) in [6.45, 7) is 13.8. The lowest BCUT2D eigenvalue weighted by Crippen LogP contribution is -2.36. The molecule has 2 aromatic rings. The van der Waals surface area contributed by atoms with Gasteiger partial charge in [-0.15, -0.1) is 0 Å². The van der Waals surface area contributed by atoms with E-state index in [2.05, 4.69) is 51.7 Å². The molecule has 0 saturated heterocycles. The number of hydrogen-bond donors (Lipinski definition) is 1. The minimum absolute atomic E-state index is 0.0528. The van der Waals surface area contributed by atoms with Gasteiger partial charge in [-0.05, 0) is 41.7 Å². The van der Waals surface area contributed by atoms with Crippen molar-refractivity contribution in [2.75, 3.05) is 0 Å². The van der Waals surface area contributed by atoms with E-state index >= 15 is 0 Å². The number of hydrogen-bond acceptors (Lipinski definition) is 3. The average molecular weight is 317 g/mol. The zero-order chi connectivity index (χ0) is 17.3. The smallest absolute Gasteiger partial charge is 0.113 e. The van der Waals surface area contributed by atoms with E-state index in [0.29, 0.717) is 6.54 Å². The summed E-state index contributed by atoms with van der Waals surface area (Å²) < 4.78 is 0. The molecular formula is C19H31N3O. The van der Waals surface area contributed by atoms with Gasteiger partial charge in [0.1, 0.15) is 11.0 Å². The monoisotopic (exact) mass is 317 g/mol. The van der Waals surface area contributed by atoms with Gasteiger partial charge in [-0.2, -0.15) is 15.0 Å². The zero-order valence-electron chi connectivity index (χ0n) is 15.4. The largest absolute Gasteiger partial charge is 0.391 e. The van der Waals surface area contributed by atoms with Crippen LogP contribution >= 0.6 is 0 Å². The normalized spacial score (nSPS) is 15.8. The van der Waals surface area contributed by atoms with Crippen LogP contribution in [-0.4, -0.2) is 26.2 Å². The first-order chi connectivity index (χ1) is 10.6. The molecule has 0 aliphatic rings. The summed E-state index contributed by atoms with van der Waals surface area (Å²) in [7, 11) is 0. The molecule has 0 fully saturated rings. The van der Waals surface area contributed by atoms with Gasteiger partial charge in [0.15, 0.2) is 0 Å². The summed E-state index contributed by atoms with van der Waals surface area (Å²) in [6, 6.07) is 7.82. The van der Waals surface area contributed by atoms with Crippen LogP contribution in [0.15, 0.2) is 24.3 Å². The summed E-state index contributed by atoms with van der Waals surface area (Å²) in [5.74, 6) is 0.218. The molecule has 0 saturated carbocycles. The van der Waals surface area contributed by atoms with Gasteiger partial charge in [0.25, 0.3) is 0 Å². The molecule has 4 nitrogen and oxygen atoms in total. The topological polar surface area (TPSA) is 50.9 Å². The lowest BCUT2D eigenvalue weighted by Gasteiger charge is -2.36. The van der Waals surface area contributed by atoms with Gasteiger partial charge in [0, 0.05) is 0 Å². The van der Waals surface area contributed by atoms with E-state index in [-0.39, 0.29) is 16.7 Å². The summed E-state index contributed by atoms with van der Waals surface area (Å²) in [6.07, 6.45) is 1.66. The van der Waals surface area contributed by atoms with Crippen molar-refractivity contribution in [3.8, 4) is 0 Å². The highest BCUT2D eigenvalue weighted by Gasteiger charge is 2.32. The number of aliphatic hydroxyl groups is 1. The van der Waals surface area contributed by atoms with Crippen LogP contribution in [0.1, 0.15) is 54.4 Å². The van der Waals surface area contributed by atoms with E-state index in [1.165, 1.54) is 0 Å². The van der Waals surface area contributed by atoms with Gasteiger partial charge in [0.05, 0.1) is 12.6 Å². The zero-order valence-corrected chi connectivity index (χ0v) is 15.4. The van der Waals surface area contributed by atoms with Crippen molar-refractivity contribution in [3.05, 3.63) is 24.3 Å². The Balaban J connectivity index is 2.11. The van der Waals surface area contributed by atoms with Crippen LogP contribution in [0, 0.1) is 16.7 Å². The first-order valence-electron chi connectivity index (χ1n) is 8.54. The lowest BCUT2D eigenvalue weighted by atomic mass is 9.72. The first-order valence-corrected chi connectivity index (χ1v) is 8.54. The average Bonchev–Trinajstić information content (AvgIpc) is 2.77. The van der Waals surface area contributed by atoms with Crippen LogP contribution in [0.4, 0.5) is 0 Å². The molecule has 0 radical (unpaired) electrons. The summed E-state index contributed by atoms with van der Waals surface area (Å²) >= 11 is 0. The molecular weight excluding hydrogens is 286 g/mol. The molecule has 0 amide bonds. The Morgan fingerprint density at radius 1 is 1.00 bits per heavy atom. The van der Waals surface area contributed by atoms with Crippen molar-refractivity contribution in [1.82, 2.24) is 15.0 Å². The Kier molecular flexibility index (Phi) is 5.14. The molecule has 1 aromatic carbocycles. The Morgan fingerprint density at radius 2 is 1.52 bits per heavy atom. The molecule has 1 aromatic heterocycles. The van der Waals surface area contributed by atoms with Crippen molar-refractivity contribution >= 4 is 11.0 Å². The van der Waals surface area contributed by atoms with Crippen LogP contribution in [-0.2, 0) is 6.54 Å². The molecule has 128 valence electrons. The van der Waals surface area contributed by atoms with Crippen molar-refractivity contribution in [1.29, 1.82) is 0 Å². The van der Waals surface area contributed by atoms with E-state index in [9.17, 15) is 5.11 Å². The second-order valence-corrected chi connectivity index (χ2v) is 8.88. The Bertz CT molecular complexity index is 601. The number of benzene rings is 1. The Morgan fingerprint density at radius 3 is 1.96 bits per heavy atom. The van der Waals surface area contributed by atoms with Crippen molar-refractivity contribution in [3.63, 3.8) is 0 Å². The maximum Gasteiger partial charge on any atom is 0.113 e. The minimum atomic E-state index is -0.445. The lowest BCUT2D eigenvalue weighted by molar-refractivity contribution is 0.0146. The van der Waals surface area contributed by atoms with E-state index in [1.54, 1.807) is 4.80 Å². The molecule has 0 spiro atoms. The highest BCUT2D eigenvalue weighted by molar-refractivity contribution is 5.72. The predicted molar refractivity (Wildman–Crippen MR) is 95.2 cm³/mol. The fraction of sp³-hybridized carbons (Fsp3) is 0.684. The molecule has 1 N–H and O–H groups in total. The van der Waals surface area contributed by atoms with Crippen LogP contribution in [0.3, 0.4) is 0 Å². The van der Waals surface area contributed by atoms with Gasteiger partial charge in [-0.1, -0.05) is 53.7 Å². The second kappa shape index (κ2) is 6.60. The summed E-state index contributed by atoms with van der Waals surface area (Å²) in [5.41, 5.74) is 2.09. The maximum absolute atomic E-state index is 10.8. The van der Waals surface area contributed by atoms with E-state index in [1.807, 2.05) is 24.3 Å². The van der Waals surface area contributed by atoms with Gasteiger partial charge in [-0.25, -0.2) is 0 Å². The van der Waals surface area contributed by atoms with Gasteiger partial charge in [0.2, 0.25) is 0 Å². The van der Waals surface area contributed by atoms with Crippen LogP contribution in [0.25, 0.3) is 11.0 Å². The fourth-order valence-electron chi connectivity index (χ4n) is 3.07. The first kappa shape index (κ1) is 17.9. The van der Waals surface area contributed by atoms with Crippen molar-refractivity contribution < 1.29 is 5.11 Å². The highest BCUT2D eigenvalue weighted by Crippen LogP contribution is 2.36. The van der Waals surface area contributed by atoms with E-state index < -0.39 is 6.10 Å². The Hall–Kier alpha value is -1.42. The number of aromatic nitrogens is 3. The fourth-order valence-corrected chi connectivity index (χ4v) is 3.07. The summed E-state index contributed by atoms with van der Waals surface area (Å²) in [4.78, 5) is 1.64. The van der Waals surface area contributed by atoms with E-state index in [0.717, 1.165) is 23.9 Å². The van der Waals surface area contributed by atoms with Crippen LogP contribution in [0.5, 0.6) is 0 Å². The van der Waals surface area contributed by atoms with Gasteiger partial charge < -0.3 is 5.11 Å². The SMILES string of the molecule is CC(C)(C)CCC(C(O)Cn1nc2ccccc2n1)C(C)(C)C. The molecule has 4 heteroatoms. The highest BCUT2D eigenvalue weighted by atomic mass is 16.3. The molecule has 2 rings (SSSR count). The van der Waals surface area contributed by atoms with Gasteiger partial charge >= 0.3 is 0 Å². The predicted octanol–water partition coefficient (Wildman–Crippen LogP) is 4.28. The molecule has 2 unspecified atom stereocenters. The molecule has 0 aliphatic carbocycles. The number of fused-ring (bicyclic) bond motifs is 1. The standard InChI is InChI=1S/C19H31N3O/c1-18(2,3)12-11-14(19(4,5)6)17(23)13-22-20-15-9-7-8-10-16(15)21-22/h7-10,14,17,23H,11-13H2,1-6H3. The van der Waals surface area contributed by atoms with Crippen molar-refractivity contribution in [2.24, 2.45) is 16.7 Å². The minimum Gasteiger partial charge on any atom is -0.391 e. The van der Waals surface area contributed by atoms with E-state index in [4.69, 9.17) is 0 Å². The molecule has 1 heterocycles. The van der Waals surface area contributed by atoms with Crippen molar-refractivity contribution in [2.45, 2.75) is 67.0 Å². The van der Waals surface area contributed by atoms with Crippen LogP contribution in [0.2, 0.25) is 0 Å². The quantitative estimate of drug-likeness (QED) is 0.895. The maximum atomic E-state index is 10.8. The molecule has 23 heavy (non-hydrogen) atoms. The number of rotatable bonds is 5. The molecule has 0 aliphatic heterocycles. The third-order valence-corrected chi connectivity index (χ3v) is 4.46. The summed E-state index contributed by atoms with van der Waals surface area (Å²) in [5, 5.41) is 19.8. The number of aliphatic hydroxyl groups excluding tert-OH is 1. The third kappa shape index (κ3) is 5.03. The van der Waals surface area contributed by atoms with Crippen LogP contribution < -0.4 is 0 Å². The molecule has 2 atom stereocenters. The number of nitrogens with zero attached hydrogens (tertiary/aromatic N) is 3.